The lowest BCUT2D eigenvalue weighted by atomic mass is 9.87. The molecule has 2 rings (SSSR count). The van der Waals surface area contributed by atoms with E-state index < -0.39 is 0 Å². The van der Waals surface area contributed by atoms with Crippen molar-refractivity contribution < 1.29 is 0 Å². The molecule has 0 amide bonds. The van der Waals surface area contributed by atoms with Gasteiger partial charge < -0.3 is 5.32 Å². The van der Waals surface area contributed by atoms with Crippen molar-refractivity contribution in [1.29, 1.82) is 0 Å². The fourth-order valence-corrected chi connectivity index (χ4v) is 4.51. The molecule has 2 heteroatoms. The largest absolute Gasteiger partial charge is 0.315 e. The predicted octanol–water partition coefficient (Wildman–Crippen LogP) is 4.22. The van der Waals surface area contributed by atoms with E-state index in [9.17, 15) is 0 Å². The SMILES string of the molecule is CSC1(CNCCC2CCCCC2)CCCC1. The van der Waals surface area contributed by atoms with Crippen molar-refractivity contribution in [2.75, 3.05) is 19.3 Å². The molecule has 0 heterocycles. The highest BCUT2D eigenvalue weighted by atomic mass is 32.2. The lowest BCUT2D eigenvalue weighted by Gasteiger charge is -2.28. The fourth-order valence-electron chi connectivity index (χ4n) is 3.57. The maximum Gasteiger partial charge on any atom is 0.0281 e. The molecule has 1 nitrogen and oxygen atoms in total. The minimum atomic E-state index is 0.590. The van der Waals surface area contributed by atoms with Crippen LogP contribution in [0, 0.1) is 5.92 Å². The van der Waals surface area contributed by atoms with Gasteiger partial charge in [0.15, 0.2) is 0 Å². The van der Waals surface area contributed by atoms with E-state index >= 15 is 0 Å². The molecule has 2 saturated carbocycles. The Morgan fingerprint density at radius 1 is 1.06 bits per heavy atom. The smallest absolute Gasteiger partial charge is 0.0281 e. The minimum Gasteiger partial charge on any atom is -0.315 e. The maximum atomic E-state index is 3.75. The van der Waals surface area contributed by atoms with Gasteiger partial charge in [-0.25, -0.2) is 0 Å². The second-order valence-corrected chi connectivity index (χ2v) is 7.34. The Kier molecular flexibility index (Phi) is 5.68. The van der Waals surface area contributed by atoms with E-state index in [1.54, 1.807) is 0 Å². The molecular weight excluding hydrogens is 226 g/mol. The molecule has 0 unspecified atom stereocenters. The van der Waals surface area contributed by atoms with Crippen molar-refractivity contribution >= 4 is 11.8 Å². The lowest BCUT2D eigenvalue weighted by molar-refractivity contribution is 0.332. The summed E-state index contributed by atoms with van der Waals surface area (Å²) in [4.78, 5) is 0. The van der Waals surface area contributed by atoms with Crippen LogP contribution in [0.25, 0.3) is 0 Å². The van der Waals surface area contributed by atoms with Crippen molar-refractivity contribution in [3.05, 3.63) is 0 Å². The standard InChI is InChI=1S/C15H29NS/c1-17-15(10-5-6-11-15)13-16-12-9-14-7-3-2-4-8-14/h14,16H,2-13H2,1H3. The molecule has 17 heavy (non-hydrogen) atoms. The third kappa shape index (κ3) is 4.17. The molecular formula is C15H29NS. The molecule has 2 aliphatic carbocycles. The molecule has 0 radical (unpaired) electrons. The number of rotatable bonds is 6. The van der Waals surface area contributed by atoms with Crippen molar-refractivity contribution in [3.8, 4) is 0 Å². The summed E-state index contributed by atoms with van der Waals surface area (Å²) in [7, 11) is 0. The molecule has 0 bridgehead atoms. The van der Waals surface area contributed by atoms with Gasteiger partial charge in [0, 0.05) is 11.3 Å². The van der Waals surface area contributed by atoms with E-state index in [1.807, 2.05) is 0 Å². The summed E-state index contributed by atoms with van der Waals surface area (Å²) in [6.07, 6.45) is 16.9. The van der Waals surface area contributed by atoms with Gasteiger partial charge in [-0.3, -0.25) is 0 Å². The molecule has 0 aliphatic heterocycles. The zero-order valence-electron chi connectivity index (χ0n) is 11.5. The van der Waals surface area contributed by atoms with Gasteiger partial charge >= 0.3 is 0 Å². The highest BCUT2D eigenvalue weighted by Gasteiger charge is 2.32. The second kappa shape index (κ2) is 7.04. The Labute approximate surface area is 112 Å². The third-order valence-electron chi connectivity index (χ3n) is 4.85. The van der Waals surface area contributed by atoms with Crippen LogP contribution >= 0.6 is 11.8 Å². The summed E-state index contributed by atoms with van der Waals surface area (Å²) in [5.74, 6) is 1.03. The Morgan fingerprint density at radius 3 is 2.41 bits per heavy atom. The monoisotopic (exact) mass is 255 g/mol. The van der Waals surface area contributed by atoms with Crippen LogP contribution in [-0.2, 0) is 0 Å². The van der Waals surface area contributed by atoms with E-state index in [-0.39, 0.29) is 0 Å². The molecule has 1 N–H and O–H groups in total. The van der Waals surface area contributed by atoms with Crippen molar-refractivity contribution in [3.63, 3.8) is 0 Å². The van der Waals surface area contributed by atoms with E-state index in [0.29, 0.717) is 4.75 Å². The van der Waals surface area contributed by atoms with Crippen molar-refractivity contribution in [1.82, 2.24) is 5.32 Å². The molecule has 0 aromatic rings. The summed E-state index contributed by atoms with van der Waals surface area (Å²) in [6, 6.07) is 0. The summed E-state index contributed by atoms with van der Waals surface area (Å²) >= 11 is 2.10. The minimum absolute atomic E-state index is 0.590. The van der Waals surface area contributed by atoms with Gasteiger partial charge in [-0.05, 0) is 38.0 Å². The van der Waals surface area contributed by atoms with E-state index in [2.05, 4.69) is 23.3 Å². The molecule has 2 aliphatic rings. The van der Waals surface area contributed by atoms with E-state index in [1.165, 1.54) is 77.3 Å². The van der Waals surface area contributed by atoms with Crippen LogP contribution in [0.15, 0.2) is 0 Å². The fraction of sp³-hybridized carbons (Fsp3) is 1.00. The topological polar surface area (TPSA) is 12.0 Å². The van der Waals surface area contributed by atoms with Crippen LogP contribution in [-0.4, -0.2) is 24.1 Å². The predicted molar refractivity (Wildman–Crippen MR) is 78.8 cm³/mol. The average Bonchev–Trinajstić information content (AvgIpc) is 2.85. The molecule has 2 fully saturated rings. The first-order valence-corrected chi connectivity index (χ1v) is 8.83. The first-order valence-electron chi connectivity index (χ1n) is 7.60. The number of thioether (sulfide) groups is 1. The molecule has 100 valence electrons. The Bertz CT molecular complexity index is 205. The lowest BCUT2D eigenvalue weighted by Crippen LogP contribution is -2.36. The number of hydrogen-bond donors (Lipinski definition) is 1. The van der Waals surface area contributed by atoms with E-state index in [0.717, 1.165) is 5.92 Å². The summed E-state index contributed by atoms with van der Waals surface area (Å²) in [5, 5.41) is 3.75. The maximum absolute atomic E-state index is 3.75. The number of hydrogen-bond acceptors (Lipinski definition) is 2. The van der Waals surface area contributed by atoms with Gasteiger partial charge in [-0.2, -0.15) is 11.8 Å². The Hall–Kier alpha value is 0.310. The zero-order chi connectivity index (χ0) is 12.0. The van der Waals surface area contributed by atoms with Gasteiger partial charge in [-0.15, -0.1) is 0 Å². The quantitative estimate of drug-likeness (QED) is 0.713. The zero-order valence-corrected chi connectivity index (χ0v) is 12.3. The van der Waals surface area contributed by atoms with Gasteiger partial charge in [0.1, 0.15) is 0 Å². The van der Waals surface area contributed by atoms with Crippen LogP contribution in [0.2, 0.25) is 0 Å². The Morgan fingerprint density at radius 2 is 1.76 bits per heavy atom. The molecule has 0 aromatic carbocycles. The highest BCUT2D eigenvalue weighted by Crippen LogP contribution is 2.39. The molecule has 0 aromatic heterocycles. The highest BCUT2D eigenvalue weighted by molar-refractivity contribution is 8.00. The van der Waals surface area contributed by atoms with Gasteiger partial charge in [0.25, 0.3) is 0 Å². The molecule has 0 spiro atoms. The summed E-state index contributed by atoms with van der Waals surface area (Å²) in [6.45, 7) is 2.51. The number of nitrogens with one attached hydrogen (secondary N) is 1. The first-order chi connectivity index (χ1) is 8.35. The van der Waals surface area contributed by atoms with Crippen molar-refractivity contribution in [2.24, 2.45) is 5.92 Å². The van der Waals surface area contributed by atoms with E-state index in [4.69, 9.17) is 0 Å². The van der Waals surface area contributed by atoms with Crippen LogP contribution in [0.3, 0.4) is 0 Å². The summed E-state index contributed by atoms with van der Waals surface area (Å²) in [5.41, 5.74) is 0. The van der Waals surface area contributed by atoms with Crippen LogP contribution < -0.4 is 5.32 Å². The first kappa shape index (κ1) is 13.7. The van der Waals surface area contributed by atoms with Crippen molar-refractivity contribution in [2.45, 2.75) is 69.0 Å². The normalized spacial score (nSPS) is 25.2. The summed E-state index contributed by atoms with van der Waals surface area (Å²) < 4.78 is 0.590. The van der Waals surface area contributed by atoms with Crippen LogP contribution in [0.4, 0.5) is 0 Å². The molecule has 0 saturated heterocycles. The van der Waals surface area contributed by atoms with Gasteiger partial charge in [0.05, 0.1) is 0 Å². The Balaban J connectivity index is 1.58. The third-order valence-corrected chi connectivity index (χ3v) is 6.27. The van der Waals surface area contributed by atoms with Crippen LogP contribution in [0.5, 0.6) is 0 Å². The van der Waals surface area contributed by atoms with Gasteiger partial charge in [0.2, 0.25) is 0 Å². The average molecular weight is 255 g/mol. The molecule has 0 atom stereocenters. The van der Waals surface area contributed by atoms with Crippen LogP contribution in [0.1, 0.15) is 64.2 Å². The second-order valence-electron chi connectivity index (χ2n) is 6.06. The van der Waals surface area contributed by atoms with Gasteiger partial charge in [-0.1, -0.05) is 44.9 Å².